The lowest BCUT2D eigenvalue weighted by atomic mass is 9.86. The molecule has 0 aliphatic carbocycles. The van der Waals surface area contributed by atoms with E-state index in [1.165, 1.54) is 5.56 Å². The molecule has 2 nitrogen and oxygen atoms in total. The molecule has 0 aliphatic heterocycles. The first-order valence-electron chi connectivity index (χ1n) is 10.2. The highest BCUT2D eigenvalue weighted by atomic mass is 16.3. The Morgan fingerprint density at radius 3 is 1.08 bits per heavy atom. The smallest absolute Gasteiger partial charge is 0.125 e. The maximum atomic E-state index is 10.9. The molecule has 24 heavy (non-hydrogen) atoms. The summed E-state index contributed by atoms with van der Waals surface area (Å²) in [6.07, 6.45) is 12.4. The third-order valence-electron chi connectivity index (χ3n) is 4.99. The van der Waals surface area contributed by atoms with Crippen molar-refractivity contribution in [2.24, 2.45) is 0 Å². The number of hydrogen-bond acceptors (Lipinski definition) is 2. The second-order valence-corrected chi connectivity index (χ2v) is 7.03. The maximum Gasteiger partial charge on any atom is 0.125 e. The zero-order valence-electron chi connectivity index (χ0n) is 16.4. The average Bonchev–Trinajstić information content (AvgIpc) is 2.58. The molecule has 1 aromatic rings. The fraction of sp³-hybridized carbons (Fsp3) is 0.727. The van der Waals surface area contributed by atoms with E-state index in [1.807, 2.05) is 0 Å². The van der Waals surface area contributed by atoms with Crippen molar-refractivity contribution in [2.45, 2.75) is 105 Å². The Bertz CT molecular complexity index is 456. The van der Waals surface area contributed by atoms with Gasteiger partial charge in [-0.15, -0.1) is 0 Å². The van der Waals surface area contributed by atoms with Crippen molar-refractivity contribution >= 4 is 0 Å². The first kappa shape index (κ1) is 20.9. The van der Waals surface area contributed by atoms with E-state index in [-0.39, 0.29) is 0 Å². The normalized spacial score (nSPS) is 11.2. The molecule has 0 heterocycles. The van der Waals surface area contributed by atoms with Gasteiger partial charge in [-0.25, -0.2) is 0 Å². The number of rotatable bonds is 12. The highest BCUT2D eigenvalue weighted by Gasteiger charge is 2.22. The molecule has 0 aromatic heterocycles. The summed E-state index contributed by atoms with van der Waals surface area (Å²) in [5.74, 6) is 0.779. The summed E-state index contributed by atoms with van der Waals surface area (Å²) in [6, 6.07) is 0. The highest BCUT2D eigenvalue weighted by Crippen LogP contribution is 2.41. The van der Waals surface area contributed by atoms with Gasteiger partial charge in [0.2, 0.25) is 0 Å². The standard InChI is InChI=1S/C22H38O2/c1-5-9-13-17-18(14-10-6-2)21(23)20(16-12-8-4)22(24)19(17)15-11-7-3/h23-24H,5-16H2,1-4H3. The molecule has 138 valence electrons. The van der Waals surface area contributed by atoms with Crippen LogP contribution in [0, 0.1) is 0 Å². The largest absolute Gasteiger partial charge is 0.507 e. The molecule has 1 aromatic carbocycles. The number of benzene rings is 1. The van der Waals surface area contributed by atoms with Crippen LogP contribution in [0.25, 0.3) is 0 Å². The zero-order chi connectivity index (χ0) is 17.9. The molecule has 0 unspecified atom stereocenters. The van der Waals surface area contributed by atoms with Crippen molar-refractivity contribution in [3.63, 3.8) is 0 Å². The summed E-state index contributed by atoms with van der Waals surface area (Å²) < 4.78 is 0. The SMILES string of the molecule is CCCCc1c(O)c(CCCC)c(CCCC)c(CCCC)c1O. The Kier molecular flexibility index (Phi) is 9.90. The number of aromatic hydroxyl groups is 2. The van der Waals surface area contributed by atoms with Crippen molar-refractivity contribution < 1.29 is 10.2 Å². The molecule has 0 amide bonds. The van der Waals surface area contributed by atoms with E-state index in [2.05, 4.69) is 27.7 Å². The Morgan fingerprint density at radius 1 is 0.458 bits per heavy atom. The van der Waals surface area contributed by atoms with Crippen molar-refractivity contribution in [3.8, 4) is 11.5 Å². The second kappa shape index (κ2) is 11.4. The second-order valence-electron chi connectivity index (χ2n) is 7.03. The molecule has 0 saturated heterocycles. The van der Waals surface area contributed by atoms with E-state index in [0.29, 0.717) is 11.5 Å². The van der Waals surface area contributed by atoms with Gasteiger partial charge >= 0.3 is 0 Å². The molecule has 2 N–H and O–H groups in total. The highest BCUT2D eigenvalue weighted by molar-refractivity contribution is 5.58. The third kappa shape index (κ3) is 5.43. The molecule has 0 spiro atoms. The summed E-state index contributed by atoms with van der Waals surface area (Å²) in [5, 5.41) is 21.8. The Hall–Kier alpha value is -1.18. The fourth-order valence-electron chi connectivity index (χ4n) is 3.44. The van der Waals surface area contributed by atoms with Crippen LogP contribution in [0.5, 0.6) is 11.5 Å². The molecular formula is C22H38O2. The van der Waals surface area contributed by atoms with Gasteiger partial charge < -0.3 is 10.2 Å². The summed E-state index contributed by atoms with van der Waals surface area (Å²) >= 11 is 0. The van der Waals surface area contributed by atoms with Crippen LogP contribution in [-0.4, -0.2) is 10.2 Å². The van der Waals surface area contributed by atoms with Crippen LogP contribution < -0.4 is 0 Å². The van der Waals surface area contributed by atoms with Gasteiger partial charge in [0.1, 0.15) is 11.5 Å². The first-order chi connectivity index (χ1) is 11.6. The first-order valence-corrected chi connectivity index (χ1v) is 10.2. The lowest BCUT2D eigenvalue weighted by Gasteiger charge is -2.22. The van der Waals surface area contributed by atoms with Gasteiger partial charge in [-0.1, -0.05) is 53.4 Å². The van der Waals surface area contributed by atoms with Gasteiger partial charge in [0.25, 0.3) is 0 Å². The van der Waals surface area contributed by atoms with Crippen LogP contribution in [0.2, 0.25) is 0 Å². The van der Waals surface area contributed by atoms with E-state index in [0.717, 1.165) is 93.7 Å². The third-order valence-corrected chi connectivity index (χ3v) is 4.99. The van der Waals surface area contributed by atoms with Crippen LogP contribution in [-0.2, 0) is 25.7 Å². The quantitative estimate of drug-likeness (QED) is 0.460. The number of unbranched alkanes of at least 4 members (excludes halogenated alkanes) is 4. The van der Waals surface area contributed by atoms with Crippen molar-refractivity contribution in [2.75, 3.05) is 0 Å². The minimum absolute atomic E-state index is 0.390. The van der Waals surface area contributed by atoms with Crippen molar-refractivity contribution in [1.82, 2.24) is 0 Å². The molecule has 0 saturated carbocycles. The predicted molar refractivity (Wildman–Crippen MR) is 104 cm³/mol. The molecule has 0 bridgehead atoms. The maximum absolute atomic E-state index is 10.9. The molecule has 0 radical (unpaired) electrons. The molecule has 0 fully saturated rings. The van der Waals surface area contributed by atoms with Gasteiger partial charge in [0.05, 0.1) is 0 Å². The van der Waals surface area contributed by atoms with Gasteiger partial charge in [-0.2, -0.15) is 0 Å². The van der Waals surface area contributed by atoms with E-state index in [4.69, 9.17) is 0 Å². The lowest BCUT2D eigenvalue weighted by molar-refractivity contribution is 0.424. The molecule has 2 heteroatoms. The van der Waals surface area contributed by atoms with Crippen LogP contribution >= 0.6 is 0 Å². The van der Waals surface area contributed by atoms with E-state index < -0.39 is 0 Å². The monoisotopic (exact) mass is 334 g/mol. The predicted octanol–water partition coefficient (Wildman–Crippen LogP) is 6.47. The zero-order valence-corrected chi connectivity index (χ0v) is 16.4. The topological polar surface area (TPSA) is 40.5 Å². The van der Waals surface area contributed by atoms with Crippen LogP contribution in [0.3, 0.4) is 0 Å². The summed E-state index contributed by atoms with van der Waals surface area (Å²) in [4.78, 5) is 0. The van der Waals surface area contributed by atoms with Crippen LogP contribution in [0.1, 0.15) is 101 Å². The summed E-state index contributed by atoms with van der Waals surface area (Å²) in [7, 11) is 0. The van der Waals surface area contributed by atoms with E-state index >= 15 is 0 Å². The molecule has 0 aliphatic rings. The van der Waals surface area contributed by atoms with Crippen LogP contribution in [0.15, 0.2) is 0 Å². The summed E-state index contributed by atoms with van der Waals surface area (Å²) in [6.45, 7) is 8.74. The van der Waals surface area contributed by atoms with Gasteiger partial charge in [-0.05, 0) is 68.1 Å². The summed E-state index contributed by atoms with van der Waals surface area (Å²) in [5.41, 5.74) is 4.30. The number of phenolic OH excluding ortho intramolecular Hbond substituents is 2. The Morgan fingerprint density at radius 2 is 0.750 bits per heavy atom. The van der Waals surface area contributed by atoms with Crippen LogP contribution in [0.4, 0.5) is 0 Å². The molecule has 0 atom stereocenters. The van der Waals surface area contributed by atoms with Gasteiger partial charge in [0, 0.05) is 5.56 Å². The fourth-order valence-corrected chi connectivity index (χ4v) is 3.44. The molecule has 1 rings (SSSR count). The Labute approximate surface area is 149 Å². The van der Waals surface area contributed by atoms with Crippen molar-refractivity contribution in [1.29, 1.82) is 0 Å². The molecular weight excluding hydrogens is 296 g/mol. The van der Waals surface area contributed by atoms with E-state index in [1.54, 1.807) is 0 Å². The van der Waals surface area contributed by atoms with Crippen molar-refractivity contribution in [3.05, 3.63) is 22.3 Å². The van der Waals surface area contributed by atoms with Gasteiger partial charge in [-0.3, -0.25) is 0 Å². The lowest BCUT2D eigenvalue weighted by Crippen LogP contribution is -2.06. The number of phenols is 2. The minimum atomic E-state index is 0.390. The Balaban J connectivity index is 3.41. The average molecular weight is 335 g/mol. The number of hydrogen-bond donors (Lipinski definition) is 2. The van der Waals surface area contributed by atoms with E-state index in [9.17, 15) is 10.2 Å². The minimum Gasteiger partial charge on any atom is -0.507 e. The van der Waals surface area contributed by atoms with Gasteiger partial charge in [0.15, 0.2) is 0 Å².